The molecule has 0 spiro atoms. The van der Waals surface area contributed by atoms with E-state index in [1.807, 2.05) is 54.9 Å². The third kappa shape index (κ3) is 3.77. The monoisotopic (exact) mass is 491 g/mol. The maximum absolute atomic E-state index is 15.4. The van der Waals surface area contributed by atoms with Crippen molar-refractivity contribution in [1.29, 1.82) is 0 Å². The van der Waals surface area contributed by atoms with Crippen LogP contribution in [0.1, 0.15) is 21.6 Å². The van der Waals surface area contributed by atoms with Crippen LogP contribution in [0.3, 0.4) is 0 Å². The van der Waals surface area contributed by atoms with Gasteiger partial charge in [0.1, 0.15) is 0 Å². The molecule has 5 nitrogen and oxygen atoms in total. The summed E-state index contributed by atoms with van der Waals surface area (Å²) in [6.07, 6.45) is 3.55. The SMILES string of the molecule is Cc1ccccc1-n1cc(-n2c(C)c(Sc3cccc(C(=O)O)c3)c3ccc(Cl)c(F)c32)cn1. The smallest absolute Gasteiger partial charge is 0.335 e. The molecule has 2 heterocycles. The quantitative estimate of drug-likeness (QED) is 0.285. The fraction of sp³-hybridized carbons (Fsp3) is 0.0769. The molecule has 0 radical (unpaired) electrons. The van der Waals surface area contributed by atoms with Gasteiger partial charge in [0.05, 0.1) is 39.9 Å². The lowest BCUT2D eigenvalue weighted by Crippen LogP contribution is -1.99. The van der Waals surface area contributed by atoms with E-state index in [4.69, 9.17) is 11.6 Å². The summed E-state index contributed by atoms with van der Waals surface area (Å²) in [5.74, 6) is -1.51. The van der Waals surface area contributed by atoms with E-state index in [2.05, 4.69) is 5.10 Å². The predicted octanol–water partition coefficient (Wildman–Crippen LogP) is 7.07. The average molecular weight is 492 g/mol. The van der Waals surface area contributed by atoms with Crippen molar-refractivity contribution < 1.29 is 14.3 Å². The van der Waals surface area contributed by atoms with E-state index >= 15 is 4.39 Å². The molecule has 0 aliphatic heterocycles. The minimum absolute atomic E-state index is 0.0296. The summed E-state index contributed by atoms with van der Waals surface area (Å²) in [4.78, 5) is 13.0. The molecule has 34 heavy (non-hydrogen) atoms. The number of fused-ring (bicyclic) bond motifs is 1. The maximum Gasteiger partial charge on any atom is 0.335 e. The van der Waals surface area contributed by atoms with Crippen molar-refractivity contribution in [3.63, 3.8) is 0 Å². The van der Waals surface area contributed by atoms with E-state index in [0.29, 0.717) is 16.6 Å². The van der Waals surface area contributed by atoms with Gasteiger partial charge in [-0.1, -0.05) is 47.6 Å². The number of carboxylic acids is 1. The molecule has 170 valence electrons. The fourth-order valence-electron chi connectivity index (χ4n) is 4.05. The van der Waals surface area contributed by atoms with E-state index in [0.717, 1.165) is 26.7 Å². The summed E-state index contributed by atoms with van der Waals surface area (Å²) < 4.78 is 18.9. The van der Waals surface area contributed by atoms with Crippen LogP contribution < -0.4 is 0 Å². The number of benzene rings is 3. The van der Waals surface area contributed by atoms with Crippen molar-refractivity contribution in [2.24, 2.45) is 0 Å². The van der Waals surface area contributed by atoms with E-state index in [-0.39, 0.29) is 10.6 Å². The molecule has 0 unspecified atom stereocenters. The Morgan fingerprint density at radius 2 is 1.88 bits per heavy atom. The highest BCUT2D eigenvalue weighted by Crippen LogP contribution is 2.42. The van der Waals surface area contributed by atoms with Crippen LogP contribution in [0.4, 0.5) is 4.39 Å². The summed E-state index contributed by atoms with van der Waals surface area (Å²) in [5.41, 5.74) is 4.03. The number of carboxylic acid groups (broad SMARTS) is 1. The number of aryl methyl sites for hydroxylation is 1. The number of hydrogen-bond donors (Lipinski definition) is 1. The zero-order valence-corrected chi connectivity index (χ0v) is 19.9. The van der Waals surface area contributed by atoms with Crippen LogP contribution in [0.5, 0.6) is 0 Å². The molecule has 0 saturated carbocycles. The molecule has 0 aliphatic rings. The lowest BCUT2D eigenvalue weighted by molar-refractivity contribution is 0.0696. The summed E-state index contributed by atoms with van der Waals surface area (Å²) in [6, 6.07) is 17.9. The largest absolute Gasteiger partial charge is 0.478 e. The van der Waals surface area contributed by atoms with Crippen LogP contribution in [0.15, 0.2) is 82.8 Å². The molecular formula is C26H19ClFN3O2S. The van der Waals surface area contributed by atoms with Crippen molar-refractivity contribution in [1.82, 2.24) is 14.3 Å². The Kier molecular flexibility index (Phi) is 5.67. The number of hydrogen-bond acceptors (Lipinski definition) is 3. The number of aromatic carboxylic acids is 1. The Morgan fingerprint density at radius 3 is 2.65 bits per heavy atom. The summed E-state index contributed by atoms with van der Waals surface area (Å²) >= 11 is 7.55. The second-order valence-electron chi connectivity index (χ2n) is 7.87. The molecule has 0 fully saturated rings. The Labute approximate surface area is 204 Å². The zero-order valence-electron chi connectivity index (χ0n) is 18.3. The van der Waals surface area contributed by atoms with Gasteiger partial charge in [-0.05, 0) is 55.8 Å². The van der Waals surface area contributed by atoms with E-state index in [1.165, 1.54) is 17.8 Å². The first-order valence-electron chi connectivity index (χ1n) is 10.5. The first-order chi connectivity index (χ1) is 16.3. The highest BCUT2D eigenvalue weighted by Gasteiger charge is 2.22. The van der Waals surface area contributed by atoms with Crippen LogP contribution in [0.2, 0.25) is 5.02 Å². The predicted molar refractivity (Wildman–Crippen MR) is 132 cm³/mol. The Bertz CT molecular complexity index is 1570. The van der Waals surface area contributed by atoms with Crippen molar-refractivity contribution in [3.05, 3.63) is 101 Å². The second-order valence-corrected chi connectivity index (χ2v) is 9.36. The molecule has 5 rings (SSSR count). The first-order valence-corrected chi connectivity index (χ1v) is 11.7. The molecule has 0 amide bonds. The molecule has 2 aromatic heterocycles. The summed E-state index contributed by atoms with van der Waals surface area (Å²) in [6.45, 7) is 3.91. The van der Waals surface area contributed by atoms with Gasteiger partial charge in [0.15, 0.2) is 5.82 Å². The molecule has 1 N–H and O–H groups in total. The zero-order chi connectivity index (χ0) is 24.0. The van der Waals surface area contributed by atoms with Gasteiger partial charge in [0, 0.05) is 20.9 Å². The van der Waals surface area contributed by atoms with Gasteiger partial charge in [-0.2, -0.15) is 5.10 Å². The first kappa shape index (κ1) is 22.3. The highest BCUT2D eigenvalue weighted by atomic mass is 35.5. The van der Waals surface area contributed by atoms with Gasteiger partial charge in [0.2, 0.25) is 0 Å². The molecular weight excluding hydrogens is 473 g/mol. The minimum atomic E-state index is -0.997. The molecule has 0 bridgehead atoms. The molecule has 5 aromatic rings. The van der Waals surface area contributed by atoms with Crippen molar-refractivity contribution in [2.45, 2.75) is 23.6 Å². The minimum Gasteiger partial charge on any atom is -0.478 e. The molecule has 0 saturated heterocycles. The van der Waals surface area contributed by atoms with Crippen LogP contribution in [-0.2, 0) is 0 Å². The number of para-hydroxylation sites is 1. The van der Waals surface area contributed by atoms with E-state index in [1.54, 1.807) is 35.1 Å². The van der Waals surface area contributed by atoms with Crippen LogP contribution in [0.25, 0.3) is 22.3 Å². The van der Waals surface area contributed by atoms with Gasteiger partial charge < -0.3 is 9.67 Å². The summed E-state index contributed by atoms with van der Waals surface area (Å²) in [7, 11) is 0. The number of rotatable bonds is 5. The van der Waals surface area contributed by atoms with Gasteiger partial charge in [-0.3, -0.25) is 0 Å². The summed E-state index contributed by atoms with van der Waals surface area (Å²) in [5, 5.41) is 14.6. The second kappa shape index (κ2) is 8.66. The van der Waals surface area contributed by atoms with Crippen molar-refractivity contribution in [3.8, 4) is 11.4 Å². The van der Waals surface area contributed by atoms with E-state index in [9.17, 15) is 9.90 Å². The Morgan fingerprint density at radius 1 is 1.09 bits per heavy atom. The highest BCUT2D eigenvalue weighted by molar-refractivity contribution is 7.99. The van der Waals surface area contributed by atoms with Gasteiger partial charge in [-0.15, -0.1) is 0 Å². The lowest BCUT2D eigenvalue weighted by Gasteiger charge is -2.08. The molecule has 0 aliphatic carbocycles. The Balaban J connectivity index is 1.69. The molecule has 8 heteroatoms. The fourth-order valence-corrected chi connectivity index (χ4v) is 5.28. The van der Waals surface area contributed by atoms with Gasteiger partial charge >= 0.3 is 5.97 Å². The van der Waals surface area contributed by atoms with Crippen LogP contribution in [-0.4, -0.2) is 25.4 Å². The van der Waals surface area contributed by atoms with Gasteiger partial charge in [0.25, 0.3) is 0 Å². The number of aromatic nitrogens is 3. The van der Waals surface area contributed by atoms with Gasteiger partial charge in [-0.25, -0.2) is 13.9 Å². The standard InChI is InChI=1S/C26H19ClFN3O2S/c1-15-6-3-4-9-22(15)30-14-18(13-29-30)31-16(2)25(20-10-11-21(27)23(28)24(20)31)34-19-8-5-7-17(12-19)26(32)33/h3-14H,1-2H3,(H,32,33). The molecule has 0 atom stereocenters. The molecule has 3 aromatic carbocycles. The number of carbonyl (C=O) groups is 1. The average Bonchev–Trinajstić information content (AvgIpc) is 3.40. The maximum atomic E-state index is 15.4. The number of nitrogens with zero attached hydrogens (tertiary/aromatic N) is 3. The van der Waals surface area contributed by atoms with Crippen LogP contribution in [0, 0.1) is 19.7 Å². The normalized spacial score (nSPS) is 11.3. The van der Waals surface area contributed by atoms with E-state index < -0.39 is 11.8 Å². The number of halogens is 2. The van der Waals surface area contributed by atoms with Crippen LogP contribution >= 0.6 is 23.4 Å². The Hall–Kier alpha value is -3.55. The lowest BCUT2D eigenvalue weighted by atomic mass is 10.2. The van der Waals surface area contributed by atoms with Crippen molar-refractivity contribution >= 4 is 40.2 Å². The van der Waals surface area contributed by atoms with Crippen molar-refractivity contribution in [2.75, 3.05) is 0 Å². The third-order valence-electron chi connectivity index (χ3n) is 5.69. The topological polar surface area (TPSA) is 60.0 Å². The third-order valence-corrected chi connectivity index (χ3v) is 7.19.